The normalized spacial score (nSPS) is 28.9. The van der Waals surface area contributed by atoms with Gasteiger partial charge >= 0.3 is 0 Å². The largest absolute Gasteiger partial charge is 0.393 e. The highest BCUT2D eigenvalue weighted by atomic mass is 16.3. The summed E-state index contributed by atoms with van der Waals surface area (Å²) in [6, 6.07) is 19.3. The van der Waals surface area contributed by atoms with Crippen molar-refractivity contribution in [2.45, 2.75) is 38.7 Å². The van der Waals surface area contributed by atoms with Crippen LogP contribution in [0.2, 0.25) is 0 Å². The van der Waals surface area contributed by atoms with Crippen molar-refractivity contribution in [2.75, 3.05) is 0 Å². The van der Waals surface area contributed by atoms with E-state index in [2.05, 4.69) is 62.4 Å². The molecule has 0 aromatic heterocycles. The van der Waals surface area contributed by atoms with Gasteiger partial charge in [0, 0.05) is 5.41 Å². The second-order valence-corrected chi connectivity index (χ2v) is 6.15. The Morgan fingerprint density at radius 3 is 2.15 bits per heavy atom. The quantitative estimate of drug-likeness (QED) is 0.859. The SMILES string of the molecule is CCC1(C)C(O)CC1c1ccc(-c2ccccc2)cc1. The van der Waals surface area contributed by atoms with Gasteiger partial charge in [-0.1, -0.05) is 68.4 Å². The molecule has 1 fully saturated rings. The van der Waals surface area contributed by atoms with E-state index in [1.165, 1.54) is 16.7 Å². The van der Waals surface area contributed by atoms with Crippen LogP contribution in [0, 0.1) is 5.41 Å². The summed E-state index contributed by atoms with van der Waals surface area (Å²) >= 11 is 0. The lowest BCUT2D eigenvalue weighted by molar-refractivity contribution is -0.0777. The minimum absolute atomic E-state index is 0.0499. The molecule has 0 bridgehead atoms. The van der Waals surface area contributed by atoms with E-state index in [1.807, 2.05) is 6.07 Å². The first-order valence-corrected chi connectivity index (χ1v) is 7.48. The molecule has 0 aliphatic heterocycles. The van der Waals surface area contributed by atoms with E-state index in [-0.39, 0.29) is 11.5 Å². The van der Waals surface area contributed by atoms with E-state index in [9.17, 15) is 5.11 Å². The van der Waals surface area contributed by atoms with Gasteiger partial charge in [-0.2, -0.15) is 0 Å². The first kappa shape index (κ1) is 13.4. The summed E-state index contributed by atoms with van der Waals surface area (Å²) < 4.78 is 0. The van der Waals surface area contributed by atoms with Crippen LogP contribution in [0.15, 0.2) is 54.6 Å². The first-order chi connectivity index (χ1) is 9.65. The number of aliphatic hydroxyl groups is 1. The second-order valence-electron chi connectivity index (χ2n) is 6.15. The molecule has 1 saturated carbocycles. The summed E-state index contributed by atoms with van der Waals surface area (Å²) in [6.45, 7) is 4.38. The third kappa shape index (κ3) is 2.06. The molecule has 0 amide bonds. The molecule has 1 aliphatic carbocycles. The predicted molar refractivity (Wildman–Crippen MR) is 83.6 cm³/mol. The van der Waals surface area contributed by atoms with Crippen LogP contribution in [0.5, 0.6) is 0 Å². The van der Waals surface area contributed by atoms with E-state index in [4.69, 9.17) is 0 Å². The van der Waals surface area contributed by atoms with Crippen LogP contribution in [0.25, 0.3) is 11.1 Å². The van der Waals surface area contributed by atoms with Crippen molar-refractivity contribution in [3.63, 3.8) is 0 Å². The van der Waals surface area contributed by atoms with Crippen LogP contribution in [-0.2, 0) is 0 Å². The minimum Gasteiger partial charge on any atom is -0.393 e. The maximum Gasteiger partial charge on any atom is 0.0605 e. The zero-order valence-electron chi connectivity index (χ0n) is 12.2. The molecule has 0 spiro atoms. The Hall–Kier alpha value is -1.60. The molecular weight excluding hydrogens is 244 g/mol. The molecule has 3 rings (SSSR count). The Balaban J connectivity index is 1.84. The number of hydrogen-bond acceptors (Lipinski definition) is 1. The van der Waals surface area contributed by atoms with Crippen LogP contribution in [0.3, 0.4) is 0 Å². The molecule has 3 atom stereocenters. The van der Waals surface area contributed by atoms with Gasteiger partial charge in [0.1, 0.15) is 0 Å². The van der Waals surface area contributed by atoms with Gasteiger partial charge in [0.2, 0.25) is 0 Å². The van der Waals surface area contributed by atoms with Crippen molar-refractivity contribution < 1.29 is 5.11 Å². The molecule has 2 aromatic rings. The Kier molecular flexibility index (Phi) is 3.39. The van der Waals surface area contributed by atoms with Gasteiger partial charge in [0.05, 0.1) is 6.10 Å². The van der Waals surface area contributed by atoms with Gasteiger partial charge in [-0.15, -0.1) is 0 Å². The molecule has 104 valence electrons. The molecular formula is C19H22O. The Bertz CT molecular complexity index is 572. The monoisotopic (exact) mass is 266 g/mol. The molecule has 1 nitrogen and oxygen atoms in total. The summed E-state index contributed by atoms with van der Waals surface area (Å²) in [5.41, 5.74) is 3.92. The van der Waals surface area contributed by atoms with E-state index in [1.54, 1.807) is 0 Å². The number of hydrogen-bond donors (Lipinski definition) is 1. The van der Waals surface area contributed by atoms with Crippen LogP contribution in [-0.4, -0.2) is 11.2 Å². The second kappa shape index (κ2) is 5.06. The molecule has 2 aromatic carbocycles. The summed E-state index contributed by atoms with van der Waals surface area (Å²) in [4.78, 5) is 0. The Morgan fingerprint density at radius 2 is 1.60 bits per heavy atom. The van der Waals surface area contributed by atoms with E-state index >= 15 is 0 Å². The molecule has 1 heteroatoms. The fraction of sp³-hybridized carbons (Fsp3) is 0.368. The van der Waals surface area contributed by atoms with Crippen molar-refractivity contribution in [1.29, 1.82) is 0 Å². The van der Waals surface area contributed by atoms with Crippen molar-refractivity contribution >= 4 is 0 Å². The van der Waals surface area contributed by atoms with Crippen molar-refractivity contribution in [3.05, 3.63) is 60.2 Å². The molecule has 0 saturated heterocycles. The maximum absolute atomic E-state index is 10.0. The topological polar surface area (TPSA) is 20.2 Å². The third-order valence-corrected chi connectivity index (χ3v) is 5.20. The highest BCUT2D eigenvalue weighted by Crippen LogP contribution is 2.54. The lowest BCUT2D eigenvalue weighted by Gasteiger charge is -2.51. The maximum atomic E-state index is 10.0. The smallest absolute Gasteiger partial charge is 0.0605 e. The number of benzene rings is 2. The number of rotatable bonds is 3. The zero-order valence-corrected chi connectivity index (χ0v) is 12.2. The van der Waals surface area contributed by atoms with E-state index in [0.717, 1.165) is 12.8 Å². The molecule has 0 radical (unpaired) electrons. The molecule has 1 aliphatic rings. The van der Waals surface area contributed by atoms with Crippen LogP contribution in [0.1, 0.15) is 38.2 Å². The average molecular weight is 266 g/mol. The van der Waals surface area contributed by atoms with Crippen molar-refractivity contribution in [3.8, 4) is 11.1 Å². The summed E-state index contributed by atoms with van der Waals surface area (Å²) in [5, 5.41) is 10.0. The fourth-order valence-corrected chi connectivity index (χ4v) is 3.37. The zero-order chi connectivity index (χ0) is 14.2. The van der Waals surface area contributed by atoms with Crippen LogP contribution < -0.4 is 0 Å². The molecule has 1 N–H and O–H groups in total. The third-order valence-electron chi connectivity index (χ3n) is 5.20. The lowest BCUT2D eigenvalue weighted by Crippen LogP contribution is -2.49. The lowest BCUT2D eigenvalue weighted by atomic mass is 9.55. The van der Waals surface area contributed by atoms with Gasteiger partial charge in [0.15, 0.2) is 0 Å². The van der Waals surface area contributed by atoms with Crippen LogP contribution >= 0.6 is 0 Å². The van der Waals surface area contributed by atoms with E-state index in [0.29, 0.717) is 5.92 Å². The Morgan fingerprint density at radius 1 is 1.00 bits per heavy atom. The van der Waals surface area contributed by atoms with Gasteiger partial charge in [0.25, 0.3) is 0 Å². The summed E-state index contributed by atoms with van der Waals surface area (Å²) in [6.07, 6.45) is 1.78. The highest BCUT2D eigenvalue weighted by molar-refractivity contribution is 5.63. The number of aliphatic hydroxyl groups excluding tert-OH is 1. The molecule has 3 unspecified atom stereocenters. The minimum atomic E-state index is -0.147. The van der Waals surface area contributed by atoms with Crippen molar-refractivity contribution in [1.82, 2.24) is 0 Å². The van der Waals surface area contributed by atoms with Gasteiger partial charge < -0.3 is 5.11 Å². The predicted octanol–water partition coefficient (Wildman–Crippen LogP) is 4.62. The first-order valence-electron chi connectivity index (χ1n) is 7.48. The van der Waals surface area contributed by atoms with Crippen molar-refractivity contribution in [2.24, 2.45) is 5.41 Å². The summed E-state index contributed by atoms with van der Waals surface area (Å²) in [7, 11) is 0. The average Bonchev–Trinajstić information content (AvgIpc) is 2.52. The van der Waals surface area contributed by atoms with E-state index < -0.39 is 0 Å². The van der Waals surface area contributed by atoms with Gasteiger partial charge in [-0.25, -0.2) is 0 Å². The summed E-state index contributed by atoms with van der Waals surface area (Å²) in [5.74, 6) is 0.493. The van der Waals surface area contributed by atoms with Crippen LogP contribution in [0.4, 0.5) is 0 Å². The molecule has 0 heterocycles. The van der Waals surface area contributed by atoms with Gasteiger partial charge in [-0.3, -0.25) is 0 Å². The fourth-order valence-electron chi connectivity index (χ4n) is 3.37. The Labute approximate surface area is 121 Å². The highest BCUT2D eigenvalue weighted by Gasteiger charge is 2.49. The standard InChI is InChI=1S/C19H22O/c1-3-19(2)17(13-18(19)20)16-11-9-15(10-12-16)14-7-5-4-6-8-14/h4-12,17-18,20H,3,13H2,1-2H3. The molecule has 20 heavy (non-hydrogen) atoms. The van der Waals surface area contributed by atoms with Gasteiger partial charge in [-0.05, 0) is 35.4 Å².